The van der Waals surface area contributed by atoms with Crippen molar-refractivity contribution < 1.29 is 42.2 Å². The van der Waals surface area contributed by atoms with E-state index in [1.807, 2.05) is 0 Å². The summed E-state index contributed by atoms with van der Waals surface area (Å²) in [5, 5.41) is 5.43. The zero-order chi connectivity index (χ0) is 28.9. The number of aromatic nitrogens is 1. The lowest BCUT2D eigenvalue weighted by Gasteiger charge is -2.42. The topological polar surface area (TPSA) is 74.3 Å². The SMILES string of the molecule is C[C@@H]1CN[C@H]1C(=O)N(c1ccc(S(F)(F)(F)(F)F)cc1)C(C(=O)NC1CCC(F)(F)CC1)c1cncc(F)c1. The van der Waals surface area contributed by atoms with Crippen LogP contribution in [-0.4, -0.2) is 41.3 Å². The zero-order valence-corrected chi connectivity index (χ0v) is 21.3. The molecule has 6 nitrogen and oxygen atoms in total. The van der Waals surface area contributed by atoms with Crippen LogP contribution in [0.5, 0.6) is 0 Å². The molecule has 15 heteroatoms. The van der Waals surface area contributed by atoms with E-state index in [0.29, 0.717) is 18.7 Å². The molecule has 1 aromatic heterocycles. The first kappa shape index (κ1) is 29.1. The van der Waals surface area contributed by atoms with Gasteiger partial charge in [0.1, 0.15) is 16.8 Å². The van der Waals surface area contributed by atoms with Gasteiger partial charge in [0.05, 0.1) is 12.2 Å². The van der Waals surface area contributed by atoms with Gasteiger partial charge in [-0.15, -0.1) is 0 Å². The van der Waals surface area contributed by atoms with Crippen molar-refractivity contribution in [2.24, 2.45) is 5.92 Å². The summed E-state index contributed by atoms with van der Waals surface area (Å²) >= 11 is 0. The van der Waals surface area contributed by atoms with Gasteiger partial charge in [-0.1, -0.05) is 26.4 Å². The third kappa shape index (κ3) is 6.62. The van der Waals surface area contributed by atoms with Crippen LogP contribution >= 0.6 is 10.2 Å². The number of hydrogen-bond donors (Lipinski definition) is 2. The molecule has 1 unspecified atom stereocenters. The molecule has 0 bridgehead atoms. The normalized spacial score (nSPS) is 24.0. The van der Waals surface area contributed by atoms with Crippen LogP contribution in [-0.2, 0) is 9.59 Å². The minimum absolute atomic E-state index is 0.0827. The molecule has 1 aliphatic heterocycles. The number of alkyl halides is 2. The van der Waals surface area contributed by atoms with E-state index in [0.717, 1.165) is 23.4 Å². The second-order valence-corrected chi connectivity index (χ2v) is 12.4. The first-order valence-electron chi connectivity index (χ1n) is 12.0. The number of rotatable bonds is 7. The number of nitrogens with one attached hydrogen (secondary N) is 2. The second-order valence-electron chi connectivity index (χ2n) is 10.0. The van der Waals surface area contributed by atoms with Gasteiger partial charge in [0.25, 0.3) is 0 Å². The summed E-state index contributed by atoms with van der Waals surface area (Å²) in [6, 6.07) is -0.935. The van der Waals surface area contributed by atoms with Crippen molar-refractivity contribution >= 4 is 27.7 Å². The Kier molecular flexibility index (Phi) is 6.94. The van der Waals surface area contributed by atoms with Gasteiger partial charge in [-0.05, 0) is 49.1 Å². The molecule has 1 aromatic carbocycles. The summed E-state index contributed by atoms with van der Waals surface area (Å²) in [6.07, 6.45) is 0.746. The molecule has 2 fully saturated rings. The van der Waals surface area contributed by atoms with Crippen LogP contribution in [0.1, 0.15) is 44.2 Å². The maximum Gasteiger partial charge on any atom is 0.310 e. The first-order valence-corrected chi connectivity index (χ1v) is 14.0. The number of halogens is 8. The number of carbonyl (C=O) groups is 2. The number of anilines is 1. The van der Waals surface area contributed by atoms with Gasteiger partial charge in [0.15, 0.2) is 0 Å². The number of nitrogens with zero attached hydrogens (tertiary/aromatic N) is 2. The maximum atomic E-state index is 14.2. The van der Waals surface area contributed by atoms with Gasteiger partial charge in [-0.2, -0.15) is 0 Å². The Morgan fingerprint density at radius 3 is 2.18 bits per heavy atom. The van der Waals surface area contributed by atoms with Gasteiger partial charge in [0, 0.05) is 42.9 Å². The minimum Gasteiger partial charge on any atom is -0.351 e. The van der Waals surface area contributed by atoms with Crippen LogP contribution in [0.25, 0.3) is 0 Å². The van der Waals surface area contributed by atoms with Gasteiger partial charge in [-0.25, -0.2) is 13.2 Å². The third-order valence-electron chi connectivity index (χ3n) is 6.90. The molecule has 0 spiro atoms. The Balaban J connectivity index is 1.77. The lowest BCUT2D eigenvalue weighted by molar-refractivity contribution is -0.130. The van der Waals surface area contributed by atoms with Crippen LogP contribution in [0.2, 0.25) is 0 Å². The fraction of sp³-hybridized carbons (Fsp3) is 0.458. The minimum atomic E-state index is -10.0. The van der Waals surface area contributed by atoms with E-state index in [9.17, 15) is 42.2 Å². The fourth-order valence-corrected chi connectivity index (χ4v) is 5.33. The Morgan fingerprint density at radius 1 is 1.08 bits per heavy atom. The standard InChI is InChI=1S/C24H26F8N4O2S/c1-14-11-34-20(14)23(38)36(18-2-4-19(5-3-18)39(28,29,30,31)32)21(15-10-16(25)13-33-12-15)22(37)35-17-6-8-24(26,27)9-7-17/h2-5,10,12-14,17,20-21,34H,6-9,11H2,1H3,(H,35,37)/t14-,20-,21?/m1/s1. The van der Waals surface area contributed by atoms with Crippen molar-refractivity contribution in [1.29, 1.82) is 0 Å². The Bertz CT molecular complexity index is 1250. The quantitative estimate of drug-likeness (QED) is 0.376. The molecule has 2 aliphatic rings. The predicted molar refractivity (Wildman–Crippen MR) is 129 cm³/mol. The number of hydrogen-bond acceptors (Lipinski definition) is 4. The monoisotopic (exact) mass is 586 g/mol. The van der Waals surface area contributed by atoms with Crippen molar-refractivity contribution in [3.05, 3.63) is 54.1 Å². The molecule has 1 saturated carbocycles. The fourth-order valence-electron chi connectivity index (χ4n) is 4.68. The van der Waals surface area contributed by atoms with Crippen molar-refractivity contribution in [2.45, 2.75) is 61.6 Å². The number of carbonyl (C=O) groups excluding carboxylic acids is 2. The molecule has 1 saturated heterocycles. The summed E-state index contributed by atoms with van der Waals surface area (Å²) in [5.41, 5.74) is -0.503. The van der Waals surface area contributed by atoms with Crippen molar-refractivity contribution in [3.63, 3.8) is 0 Å². The highest BCUT2D eigenvalue weighted by molar-refractivity contribution is 8.45. The van der Waals surface area contributed by atoms with Crippen LogP contribution in [0.15, 0.2) is 47.6 Å². The molecule has 216 valence electrons. The van der Waals surface area contributed by atoms with Crippen molar-refractivity contribution in [3.8, 4) is 0 Å². The summed E-state index contributed by atoms with van der Waals surface area (Å²) in [7, 11) is -10.0. The summed E-state index contributed by atoms with van der Waals surface area (Å²) in [5.74, 6) is -5.74. The van der Waals surface area contributed by atoms with Crippen LogP contribution in [0, 0.1) is 11.7 Å². The molecular weight excluding hydrogens is 560 g/mol. The molecule has 0 radical (unpaired) electrons. The molecule has 2 amide bonds. The van der Waals surface area contributed by atoms with E-state index in [4.69, 9.17) is 0 Å². The molecule has 3 atom stereocenters. The largest absolute Gasteiger partial charge is 0.351 e. The third-order valence-corrected chi connectivity index (χ3v) is 8.07. The van der Waals surface area contributed by atoms with Crippen molar-refractivity contribution in [2.75, 3.05) is 11.4 Å². The molecule has 2 heterocycles. The first-order chi connectivity index (χ1) is 17.8. The average Bonchev–Trinajstić information content (AvgIpc) is 2.81. The lowest BCUT2D eigenvalue weighted by atomic mass is 9.90. The van der Waals surface area contributed by atoms with E-state index in [-0.39, 0.29) is 42.1 Å². The van der Waals surface area contributed by atoms with E-state index in [1.54, 1.807) is 6.92 Å². The van der Waals surface area contributed by atoms with E-state index >= 15 is 0 Å². The Labute approximate surface area is 218 Å². The van der Waals surface area contributed by atoms with Gasteiger partial charge in [0.2, 0.25) is 17.7 Å². The molecule has 39 heavy (non-hydrogen) atoms. The summed E-state index contributed by atoms with van der Waals surface area (Å²) in [4.78, 5) is 29.5. The lowest BCUT2D eigenvalue weighted by Crippen LogP contribution is -2.62. The predicted octanol–water partition coefficient (Wildman–Crippen LogP) is 6.25. The zero-order valence-electron chi connectivity index (χ0n) is 20.5. The highest BCUT2D eigenvalue weighted by Crippen LogP contribution is 3.02. The molecule has 2 N–H and O–H groups in total. The molecule has 2 aromatic rings. The van der Waals surface area contributed by atoms with Crippen LogP contribution < -0.4 is 15.5 Å². The maximum absolute atomic E-state index is 14.2. The summed E-state index contributed by atoms with van der Waals surface area (Å²) in [6.45, 7) is 2.12. The van der Waals surface area contributed by atoms with Crippen molar-refractivity contribution in [1.82, 2.24) is 15.6 Å². The Hall–Kier alpha value is -2.94. The molecular formula is C24H26F8N4O2S. The molecule has 4 rings (SSSR count). The average molecular weight is 587 g/mol. The van der Waals surface area contributed by atoms with Crippen LogP contribution in [0.4, 0.5) is 38.3 Å². The van der Waals surface area contributed by atoms with Gasteiger partial charge >= 0.3 is 10.2 Å². The smallest absolute Gasteiger partial charge is 0.310 e. The second kappa shape index (κ2) is 9.32. The van der Waals surface area contributed by atoms with Gasteiger partial charge in [-0.3, -0.25) is 19.5 Å². The van der Waals surface area contributed by atoms with Crippen LogP contribution in [0.3, 0.4) is 0 Å². The van der Waals surface area contributed by atoms with E-state index in [1.165, 1.54) is 0 Å². The van der Waals surface area contributed by atoms with Gasteiger partial charge < -0.3 is 10.6 Å². The van der Waals surface area contributed by atoms with E-state index in [2.05, 4.69) is 15.6 Å². The number of amides is 2. The highest BCUT2D eigenvalue weighted by Gasteiger charge is 2.65. The summed E-state index contributed by atoms with van der Waals surface area (Å²) < 4.78 is 108. The van der Waals surface area contributed by atoms with E-state index < -0.39 is 69.6 Å². The highest BCUT2D eigenvalue weighted by atomic mass is 32.5. The molecule has 1 aliphatic carbocycles. The number of pyridine rings is 1. The Morgan fingerprint density at radius 2 is 1.69 bits per heavy atom. The number of benzene rings is 1.